The molecule has 2 aromatic rings. The first-order valence-corrected chi connectivity index (χ1v) is 8.12. The Bertz CT molecular complexity index is 782. The van der Waals surface area contributed by atoms with E-state index in [-0.39, 0.29) is 24.8 Å². The first-order valence-electron chi connectivity index (χ1n) is 7.33. The van der Waals surface area contributed by atoms with E-state index in [1.165, 1.54) is 11.8 Å². The lowest BCUT2D eigenvalue weighted by Gasteiger charge is -2.21. The Morgan fingerprint density at radius 1 is 1.21 bits per heavy atom. The summed E-state index contributed by atoms with van der Waals surface area (Å²) >= 11 is 3.34. The number of carbonyl (C=O) groups is 2. The maximum Gasteiger partial charge on any atom is 0.226 e. The van der Waals surface area contributed by atoms with Crippen LogP contribution in [0.25, 0.3) is 0 Å². The third-order valence-corrected chi connectivity index (χ3v) is 3.89. The van der Waals surface area contributed by atoms with Crippen molar-refractivity contribution in [3.63, 3.8) is 0 Å². The zero-order valence-corrected chi connectivity index (χ0v) is 14.7. The number of nitrogens with one attached hydrogen (secondary N) is 1. The van der Waals surface area contributed by atoms with E-state index in [9.17, 15) is 9.59 Å². The molecule has 0 saturated carbocycles. The number of anilines is 2. The van der Waals surface area contributed by atoms with Gasteiger partial charge >= 0.3 is 0 Å². The summed E-state index contributed by atoms with van der Waals surface area (Å²) in [5, 5.41) is 11.8. The topological polar surface area (TPSA) is 73.2 Å². The third-order valence-electron chi connectivity index (χ3n) is 3.36. The van der Waals surface area contributed by atoms with E-state index in [4.69, 9.17) is 5.26 Å². The predicted molar refractivity (Wildman–Crippen MR) is 96.6 cm³/mol. The number of amides is 2. The van der Waals surface area contributed by atoms with Crippen LogP contribution >= 0.6 is 15.9 Å². The van der Waals surface area contributed by atoms with Gasteiger partial charge in [0.05, 0.1) is 11.6 Å². The highest BCUT2D eigenvalue weighted by Crippen LogP contribution is 2.17. The lowest BCUT2D eigenvalue weighted by Crippen LogP contribution is -2.32. The van der Waals surface area contributed by atoms with E-state index < -0.39 is 0 Å². The standard InChI is InChI=1S/C18H16BrN3O2/c1-13(23)22(17-4-2-3-14(11-17)12-20)10-9-18(24)21-16-7-5-15(19)6-8-16/h2-8,11H,9-10H2,1H3,(H,21,24). The third kappa shape index (κ3) is 4.93. The first kappa shape index (κ1) is 17.7. The summed E-state index contributed by atoms with van der Waals surface area (Å²) < 4.78 is 0.931. The molecule has 2 aromatic carbocycles. The molecule has 0 atom stereocenters. The van der Waals surface area contributed by atoms with Gasteiger partial charge in [0.25, 0.3) is 0 Å². The van der Waals surface area contributed by atoms with Crippen LogP contribution in [0.5, 0.6) is 0 Å². The maximum absolute atomic E-state index is 12.1. The minimum Gasteiger partial charge on any atom is -0.326 e. The van der Waals surface area contributed by atoms with Crippen molar-refractivity contribution in [2.45, 2.75) is 13.3 Å². The molecule has 0 unspecified atom stereocenters. The molecule has 2 amide bonds. The van der Waals surface area contributed by atoms with Gasteiger partial charge in [0.15, 0.2) is 0 Å². The van der Waals surface area contributed by atoms with E-state index >= 15 is 0 Å². The minimum absolute atomic E-state index is 0.159. The predicted octanol–water partition coefficient (Wildman–Crippen LogP) is 3.70. The number of rotatable bonds is 5. The molecule has 0 bridgehead atoms. The molecule has 0 fully saturated rings. The number of benzene rings is 2. The summed E-state index contributed by atoms with van der Waals surface area (Å²) in [6.07, 6.45) is 0.159. The molecule has 24 heavy (non-hydrogen) atoms. The number of hydrogen-bond acceptors (Lipinski definition) is 3. The number of nitrogens with zero attached hydrogens (tertiary/aromatic N) is 2. The van der Waals surface area contributed by atoms with Crippen molar-refractivity contribution < 1.29 is 9.59 Å². The summed E-state index contributed by atoms with van der Waals surface area (Å²) in [6, 6.07) is 16.1. The van der Waals surface area contributed by atoms with Crippen LogP contribution < -0.4 is 10.2 Å². The molecule has 0 radical (unpaired) electrons. The van der Waals surface area contributed by atoms with Gasteiger partial charge in [-0.15, -0.1) is 0 Å². The van der Waals surface area contributed by atoms with Gasteiger partial charge in [-0.05, 0) is 42.5 Å². The summed E-state index contributed by atoms with van der Waals surface area (Å²) in [4.78, 5) is 25.4. The Labute approximate surface area is 149 Å². The van der Waals surface area contributed by atoms with E-state index in [0.717, 1.165) is 4.47 Å². The van der Waals surface area contributed by atoms with Crippen LogP contribution in [0, 0.1) is 11.3 Å². The molecule has 0 aliphatic rings. The molecule has 5 nitrogen and oxygen atoms in total. The number of hydrogen-bond donors (Lipinski definition) is 1. The Morgan fingerprint density at radius 2 is 1.92 bits per heavy atom. The molecular formula is C18H16BrN3O2. The van der Waals surface area contributed by atoms with E-state index in [0.29, 0.717) is 16.9 Å². The molecule has 6 heteroatoms. The van der Waals surface area contributed by atoms with Crippen molar-refractivity contribution >= 4 is 39.1 Å². The average molecular weight is 386 g/mol. The lowest BCUT2D eigenvalue weighted by atomic mass is 10.2. The van der Waals surface area contributed by atoms with Crippen molar-refractivity contribution in [3.8, 4) is 6.07 Å². The fraction of sp³-hybridized carbons (Fsp3) is 0.167. The molecule has 1 N–H and O–H groups in total. The molecular weight excluding hydrogens is 370 g/mol. The number of nitriles is 1. The largest absolute Gasteiger partial charge is 0.326 e. The van der Waals surface area contributed by atoms with Crippen LogP contribution in [0.15, 0.2) is 53.0 Å². The van der Waals surface area contributed by atoms with Crippen molar-refractivity contribution in [1.29, 1.82) is 5.26 Å². The average Bonchev–Trinajstić information content (AvgIpc) is 2.57. The molecule has 0 aromatic heterocycles. The highest BCUT2D eigenvalue weighted by atomic mass is 79.9. The fourth-order valence-electron chi connectivity index (χ4n) is 2.18. The second-order valence-corrected chi connectivity index (χ2v) is 6.05. The smallest absolute Gasteiger partial charge is 0.226 e. The van der Waals surface area contributed by atoms with Gasteiger partial charge in [-0.2, -0.15) is 5.26 Å². The molecule has 0 saturated heterocycles. The Kier molecular flexibility index (Phi) is 6.10. The highest BCUT2D eigenvalue weighted by molar-refractivity contribution is 9.10. The molecule has 0 aliphatic carbocycles. The fourth-order valence-corrected chi connectivity index (χ4v) is 2.45. The molecule has 122 valence electrons. The van der Waals surface area contributed by atoms with E-state index in [2.05, 4.69) is 21.2 Å². The Hall–Kier alpha value is -2.65. The Morgan fingerprint density at radius 3 is 2.54 bits per heavy atom. The van der Waals surface area contributed by atoms with Crippen molar-refractivity contribution in [1.82, 2.24) is 0 Å². The second kappa shape index (κ2) is 8.27. The van der Waals surface area contributed by atoms with Gasteiger partial charge in [0.1, 0.15) is 0 Å². The molecule has 0 spiro atoms. The Balaban J connectivity index is 2.00. The first-order chi connectivity index (χ1) is 11.5. The van der Waals surface area contributed by atoms with Crippen LogP contribution in [0.3, 0.4) is 0 Å². The summed E-state index contributed by atoms with van der Waals surface area (Å²) in [5.74, 6) is -0.360. The molecule has 0 heterocycles. The summed E-state index contributed by atoms with van der Waals surface area (Å²) in [6.45, 7) is 1.68. The zero-order chi connectivity index (χ0) is 17.5. The number of halogens is 1. The van der Waals surface area contributed by atoms with Gasteiger partial charge in [0, 0.05) is 35.7 Å². The van der Waals surface area contributed by atoms with Crippen molar-refractivity contribution in [2.24, 2.45) is 0 Å². The van der Waals surface area contributed by atoms with Gasteiger partial charge in [-0.25, -0.2) is 0 Å². The van der Waals surface area contributed by atoms with Crippen LogP contribution in [0.4, 0.5) is 11.4 Å². The van der Waals surface area contributed by atoms with E-state index in [1.54, 1.807) is 36.4 Å². The van der Waals surface area contributed by atoms with Crippen molar-refractivity contribution in [2.75, 3.05) is 16.8 Å². The van der Waals surface area contributed by atoms with Gasteiger partial charge in [0.2, 0.25) is 11.8 Å². The molecule has 2 rings (SSSR count). The van der Waals surface area contributed by atoms with Gasteiger partial charge < -0.3 is 10.2 Å². The minimum atomic E-state index is -0.181. The maximum atomic E-state index is 12.1. The normalized spacial score (nSPS) is 9.88. The van der Waals surface area contributed by atoms with E-state index in [1.807, 2.05) is 18.2 Å². The van der Waals surface area contributed by atoms with Crippen LogP contribution in [0.1, 0.15) is 18.9 Å². The number of carbonyl (C=O) groups excluding carboxylic acids is 2. The SMILES string of the molecule is CC(=O)N(CCC(=O)Nc1ccc(Br)cc1)c1cccc(C#N)c1. The van der Waals surface area contributed by atoms with Gasteiger partial charge in [-0.1, -0.05) is 22.0 Å². The van der Waals surface area contributed by atoms with Crippen LogP contribution in [-0.4, -0.2) is 18.4 Å². The molecule has 0 aliphatic heterocycles. The zero-order valence-electron chi connectivity index (χ0n) is 13.1. The lowest BCUT2D eigenvalue weighted by molar-refractivity contribution is -0.117. The van der Waals surface area contributed by atoms with Crippen LogP contribution in [-0.2, 0) is 9.59 Å². The van der Waals surface area contributed by atoms with Crippen LogP contribution in [0.2, 0.25) is 0 Å². The summed E-state index contributed by atoms with van der Waals surface area (Å²) in [7, 11) is 0. The summed E-state index contributed by atoms with van der Waals surface area (Å²) in [5.41, 5.74) is 1.78. The monoisotopic (exact) mass is 385 g/mol. The van der Waals surface area contributed by atoms with Gasteiger partial charge in [-0.3, -0.25) is 9.59 Å². The quantitative estimate of drug-likeness (QED) is 0.852. The highest BCUT2D eigenvalue weighted by Gasteiger charge is 2.14. The van der Waals surface area contributed by atoms with Crippen molar-refractivity contribution in [3.05, 3.63) is 58.6 Å². The second-order valence-electron chi connectivity index (χ2n) is 5.14.